The summed E-state index contributed by atoms with van der Waals surface area (Å²) in [5.74, 6) is 0. The zero-order chi connectivity index (χ0) is 43.6. The molecule has 9 aromatic carbocycles. The van der Waals surface area contributed by atoms with E-state index in [0.29, 0.717) is 11.4 Å². The largest absolute Gasteiger partial charge is 0.456 e. The molecular weight excluding hydrogens is 691 g/mol. The molecule has 0 fully saturated rings. The van der Waals surface area contributed by atoms with Crippen LogP contribution in [0.15, 0.2) is 217 Å². The summed E-state index contributed by atoms with van der Waals surface area (Å²) in [7, 11) is 0. The average Bonchev–Trinajstić information content (AvgIpc) is 3.99. The Labute approximate surface area is 341 Å². The van der Waals surface area contributed by atoms with E-state index in [1.807, 2.05) is 83.8 Å². The van der Waals surface area contributed by atoms with Crippen LogP contribution in [0.3, 0.4) is 0 Å². The second-order valence-electron chi connectivity index (χ2n) is 14.6. The van der Waals surface area contributed by atoms with E-state index < -0.39 is 17.5 Å². The van der Waals surface area contributed by atoms with E-state index in [1.54, 1.807) is 0 Å². The van der Waals surface area contributed by atoms with Crippen molar-refractivity contribution in [1.29, 1.82) is 0 Å². The molecule has 266 valence electrons. The van der Waals surface area contributed by atoms with Crippen molar-refractivity contribution in [3.8, 4) is 44.5 Å². The summed E-state index contributed by atoms with van der Waals surface area (Å²) in [4.78, 5) is 1.93. The van der Waals surface area contributed by atoms with Gasteiger partial charge in [-0.05, 0) is 97.5 Å². The van der Waals surface area contributed by atoms with Crippen LogP contribution in [0, 0.1) is 0 Å². The van der Waals surface area contributed by atoms with Crippen molar-refractivity contribution in [2.45, 2.75) is 5.41 Å². The molecular formula is C55H35NO. The van der Waals surface area contributed by atoms with Crippen LogP contribution in [-0.4, -0.2) is 0 Å². The highest BCUT2D eigenvalue weighted by molar-refractivity contribution is 6.14. The van der Waals surface area contributed by atoms with Crippen LogP contribution < -0.4 is 4.90 Å². The monoisotopic (exact) mass is 732 g/mol. The molecule has 1 atom stereocenters. The normalized spacial score (nSPS) is 16.5. The molecule has 1 aromatic heterocycles. The van der Waals surface area contributed by atoms with E-state index in [9.17, 15) is 4.11 Å². The number of rotatable bonds is 5. The molecule has 57 heavy (non-hydrogen) atoms. The zero-order valence-electron chi connectivity index (χ0n) is 37.5. The van der Waals surface area contributed by atoms with Crippen LogP contribution in [0.5, 0.6) is 0 Å². The van der Waals surface area contributed by atoms with Crippen molar-refractivity contribution in [2.75, 3.05) is 4.90 Å². The Kier molecular flexibility index (Phi) is 5.53. The first-order valence-electron chi connectivity index (χ1n) is 22.6. The molecule has 10 aromatic rings. The second kappa shape index (κ2) is 12.3. The third-order valence-corrected chi connectivity index (χ3v) is 11.8. The predicted molar refractivity (Wildman–Crippen MR) is 236 cm³/mol. The lowest BCUT2D eigenvalue weighted by Gasteiger charge is -2.32. The smallest absolute Gasteiger partial charge is 0.137 e. The number of fused-ring (bicyclic) bond motifs is 13. The van der Waals surface area contributed by atoms with Crippen molar-refractivity contribution in [1.82, 2.24) is 0 Å². The molecule has 0 N–H and O–H groups in total. The third kappa shape index (κ3) is 4.47. The lowest BCUT2D eigenvalue weighted by molar-refractivity contribution is 0.669. The SMILES string of the molecule is [2H]c1c([2H])c([2H])c2c(oc3c([2H])c([2H])c([2H])c(N(c4ccc(-c5ccccc5)cc4)c4cccc5c4-c4ccccc4C54c5ccccc5-c5c(-c6ccccc6)cccc54)c32)c1[2H]. The Morgan fingerprint density at radius 2 is 0.965 bits per heavy atom. The minimum atomic E-state index is -0.742. The molecule has 0 amide bonds. The lowest BCUT2D eigenvalue weighted by atomic mass is 9.70. The second-order valence-corrected chi connectivity index (χ2v) is 14.6. The number of benzene rings is 9. The van der Waals surface area contributed by atoms with Crippen LogP contribution in [0.25, 0.3) is 66.4 Å². The fourth-order valence-corrected chi connectivity index (χ4v) is 9.60. The molecule has 0 radical (unpaired) electrons. The van der Waals surface area contributed by atoms with Gasteiger partial charge in [-0.15, -0.1) is 0 Å². The van der Waals surface area contributed by atoms with Crippen molar-refractivity contribution in [3.63, 3.8) is 0 Å². The van der Waals surface area contributed by atoms with E-state index >= 15 is 0 Å². The van der Waals surface area contributed by atoms with Gasteiger partial charge in [0.05, 0.1) is 31.8 Å². The van der Waals surface area contributed by atoms with Crippen molar-refractivity contribution >= 4 is 39.0 Å². The average molecular weight is 733 g/mol. The molecule has 2 aliphatic rings. The standard InChI is InChI=1S/C55H35NO/c1-3-16-36(17-4-1)37-32-34-39(35-33-37)56(49-29-15-31-51-54(49)43-22-9-12-30-50(43)57-51)48-28-14-27-47-53(48)42-21-8-11-25-45(42)55(47)44-24-10-7-20-41(44)52-40(23-13-26-46(52)55)38-18-5-2-6-19-38/h1-35H/i9D,12D,15D,22D,29D,30D,31D. The molecule has 0 saturated carbocycles. The van der Waals surface area contributed by atoms with Crippen LogP contribution >= 0.6 is 0 Å². The van der Waals surface area contributed by atoms with Gasteiger partial charge in [0.2, 0.25) is 0 Å². The number of hydrogen-bond donors (Lipinski definition) is 0. The number of anilines is 3. The zero-order valence-corrected chi connectivity index (χ0v) is 30.5. The fraction of sp³-hybridized carbons (Fsp3) is 0.0182. The lowest BCUT2D eigenvalue weighted by Crippen LogP contribution is -2.26. The van der Waals surface area contributed by atoms with Crippen molar-refractivity contribution < 1.29 is 14.0 Å². The third-order valence-electron chi connectivity index (χ3n) is 11.8. The summed E-state index contributed by atoms with van der Waals surface area (Å²) < 4.78 is 69.6. The number of hydrogen-bond acceptors (Lipinski definition) is 2. The molecule has 2 aliphatic carbocycles. The quantitative estimate of drug-likeness (QED) is 0.175. The summed E-state index contributed by atoms with van der Waals surface area (Å²) >= 11 is 0. The first-order chi connectivity index (χ1) is 31.2. The van der Waals surface area contributed by atoms with E-state index in [-0.39, 0.29) is 57.8 Å². The van der Waals surface area contributed by atoms with Gasteiger partial charge in [0, 0.05) is 16.6 Å². The molecule has 2 heteroatoms. The first kappa shape index (κ1) is 25.6. The van der Waals surface area contributed by atoms with E-state index in [2.05, 4.69) is 91.0 Å². The molecule has 0 aliphatic heterocycles. The summed E-state index contributed by atoms with van der Waals surface area (Å²) in [6.45, 7) is 0. The summed E-state index contributed by atoms with van der Waals surface area (Å²) in [5.41, 5.74) is 13.5. The molecule has 1 heterocycles. The Bertz CT molecular complexity index is 3590. The first-order valence-corrected chi connectivity index (χ1v) is 19.1. The van der Waals surface area contributed by atoms with Gasteiger partial charge in [0.25, 0.3) is 0 Å². The van der Waals surface area contributed by atoms with Gasteiger partial charge >= 0.3 is 0 Å². The molecule has 0 saturated heterocycles. The summed E-state index contributed by atoms with van der Waals surface area (Å²) in [6, 6.07) is 55.8. The predicted octanol–water partition coefficient (Wildman–Crippen LogP) is 14.7. The van der Waals surface area contributed by atoms with Crippen LogP contribution in [0.2, 0.25) is 0 Å². The molecule has 2 nitrogen and oxygen atoms in total. The van der Waals surface area contributed by atoms with Gasteiger partial charge in [-0.1, -0.05) is 176 Å². The van der Waals surface area contributed by atoms with Gasteiger partial charge in [-0.25, -0.2) is 0 Å². The molecule has 1 spiro atoms. The van der Waals surface area contributed by atoms with Gasteiger partial charge < -0.3 is 9.32 Å². The van der Waals surface area contributed by atoms with Crippen molar-refractivity contribution in [3.05, 3.63) is 234 Å². The minimum absolute atomic E-state index is 0.0560. The number of para-hydroxylation sites is 1. The molecule has 1 unspecified atom stereocenters. The fourth-order valence-electron chi connectivity index (χ4n) is 9.60. The van der Waals surface area contributed by atoms with Gasteiger partial charge in [-0.3, -0.25) is 0 Å². The molecule has 0 bridgehead atoms. The van der Waals surface area contributed by atoms with Gasteiger partial charge in [0.1, 0.15) is 11.2 Å². The maximum absolute atomic E-state index is 9.78. The van der Waals surface area contributed by atoms with Crippen LogP contribution in [0.4, 0.5) is 17.1 Å². The molecule has 12 rings (SSSR count). The van der Waals surface area contributed by atoms with Crippen LogP contribution in [0.1, 0.15) is 31.8 Å². The Morgan fingerprint density at radius 3 is 1.72 bits per heavy atom. The van der Waals surface area contributed by atoms with Crippen molar-refractivity contribution in [2.24, 2.45) is 0 Å². The Hall–Kier alpha value is -7.42. The van der Waals surface area contributed by atoms with E-state index in [1.165, 1.54) is 5.56 Å². The van der Waals surface area contributed by atoms with Gasteiger partial charge in [0.15, 0.2) is 0 Å². The Balaban J connectivity index is 1.22. The number of nitrogens with zero attached hydrogens (tertiary/aromatic N) is 1. The Morgan fingerprint density at radius 1 is 0.404 bits per heavy atom. The van der Waals surface area contributed by atoms with Gasteiger partial charge in [-0.2, -0.15) is 0 Å². The highest BCUT2D eigenvalue weighted by atomic mass is 16.3. The van der Waals surface area contributed by atoms with E-state index in [0.717, 1.165) is 61.2 Å². The number of furan rings is 1. The topological polar surface area (TPSA) is 16.4 Å². The maximum Gasteiger partial charge on any atom is 0.137 e. The van der Waals surface area contributed by atoms with Crippen LogP contribution in [-0.2, 0) is 5.41 Å². The highest BCUT2D eigenvalue weighted by Crippen LogP contribution is 2.66. The highest BCUT2D eigenvalue weighted by Gasteiger charge is 2.53. The van der Waals surface area contributed by atoms with E-state index in [4.69, 9.17) is 9.90 Å². The maximum atomic E-state index is 9.78. The summed E-state index contributed by atoms with van der Waals surface area (Å²) in [6.07, 6.45) is 0. The minimum Gasteiger partial charge on any atom is -0.456 e. The summed E-state index contributed by atoms with van der Waals surface area (Å²) in [5, 5.41) is 0.225.